The molecule has 8 nitrogen and oxygen atoms in total. The Morgan fingerprint density at radius 3 is 2.88 bits per heavy atom. The van der Waals surface area contributed by atoms with Gasteiger partial charge in [-0.1, -0.05) is 0 Å². The lowest BCUT2D eigenvalue weighted by Crippen LogP contribution is -2.50. The molecule has 0 spiro atoms. The first-order valence-corrected chi connectivity index (χ1v) is 7.28. The lowest BCUT2D eigenvalue weighted by molar-refractivity contribution is -0.0265. The first-order valence-electron chi connectivity index (χ1n) is 7.28. The Morgan fingerprint density at radius 1 is 1.29 bits per heavy atom. The Hall–Kier alpha value is -1.29. The van der Waals surface area contributed by atoms with E-state index < -0.39 is 5.60 Å². The fourth-order valence-electron chi connectivity index (χ4n) is 2.31. The summed E-state index contributed by atoms with van der Waals surface area (Å²) in [5, 5.41) is 23.8. The van der Waals surface area contributed by atoms with Crippen LogP contribution in [0.25, 0.3) is 11.4 Å². The Morgan fingerprint density at radius 2 is 2.08 bits per heavy atom. The van der Waals surface area contributed by atoms with Gasteiger partial charge < -0.3 is 20.5 Å². The highest BCUT2D eigenvalue weighted by molar-refractivity contribution is 5.85. The van der Waals surface area contributed by atoms with E-state index in [2.05, 4.69) is 30.8 Å². The van der Waals surface area contributed by atoms with Crippen molar-refractivity contribution in [2.24, 2.45) is 0 Å². The predicted octanol–water partition coefficient (Wildman–Crippen LogP) is 0.151. The standard InChI is InChI=1S/C14H20N6O2.2ClH/c21-14(8-16-5-6-22-10-14)9-17-7-12-18-13(20-19-12)11-1-3-15-4-2-11;;/h1-4,16-17,21H,5-10H2,(H,18,19,20);2*1H. The number of hydrogen-bond acceptors (Lipinski definition) is 7. The number of nitrogens with zero attached hydrogens (tertiary/aromatic N) is 3. The molecule has 24 heavy (non-hydrogen) atoms. The van der Waals surface area contributed by atoms with Crippen molar-refractivity contribution in [1.82, 2.24) is 30.8 Å². The minimum absolute atomic E-state index is 0. The minimum atomic E-state index is -0.898. The van der Waals surface area contributed by atoms with E-state index in [1.54, 1.807) is 12.4 Å². The van der Waals surface area contributed by atoms with Crippen LogP contribution in [0.1, 0.15) is 5.82 Å². The molecule has 1 unspecified atom stereocenters. The van der Waals surface area contributed by atoms with Crippen LogP contribution in [0.2, 0.25) is 0 Å². The van der Waals surface area contributed by atoms with Crippen LogP contribution in [-0.2, 0) is 11.3 Å². The van der Waals surface area contributed by atoms with Gasteiger partial charge in [-0.3, -0.25) is 10.1 Å². The van der Waals surface area contributed by atoms with Crippen LogP contribution in [0.4, 0.5) is 0 Å². The van der Waals surface area contributed by atoms with Crippen LogP contribution in [0.15, 0.2) is 24.5 Å². The van der Waals surface area contributed by atoms with Gasteiger partial charge in [0.2, 0.25) is 0 Å². The van der Waals surface area contributed by atoms with Gasteiger partial charge in [0.1, 0.15) is 11.4 Å². The molecule has 1 saturated heterocycles. The van der Waals surface area contributed by atoms with E-state index in [1.807, 2.05) is 12.1 Å². The van der Waals surface area contributed by atoms with Gasteiger partial charge in [-0.25, -0.2) is 4.98 Å². The molecule has 0 saturated carbocycles. The fourth-order valence-corrected chi connectivity index (χ4v) is 2.31. The maximum atomic E-state index is 10.4. The second-order valence-electron chi connectivity index (χ2n) is 5.40. The molecule has 1 aliphatic heterocycles. The summed E-state index contributed by atoms with van der Waals surface area (Å²) < 4.78 is 5.38. The zero-order valence-corrected chi connectivity index (χ0v) is 14.7. The Labute approximate surface area is 152 Å². The number of rotatable bonds is 5. The summed E-state index contributed by atoms with van der Waals surface area (Å²) >= 11 is 0. The van der Waals surface area contributed by atoms with Gasteiger partial charge in [0.05, 0.1) is 19.8 Å². The summed E-state index contributed by atoms with van der Waals surface area (Å²) in [6, 6.07) is 3.72. The monoisotopic (exact) mass is 376 g/mol. The lowest BCUT2D eigenvalue weighted by Gasteiger charge is -2.25. The molecule has 0 bridgehead atoms. The number of pyridine rings is 1. The van der Waals surface area contributed by atoms with Crippen molar-refractivity contribution in [1.29, 1.82) is 0 Å². The minimum Gasteiger partial charge on any atom is -0.385 e. The molecular formula is C14H22Cl2N6O2. The largest absolute Gasteiger partial charge is 0.385 e. The van der Waals surface area contributed by atoms with Crippen molar-refractivity contribution >= 4 is 24.8 Å². The third-order valence-corrected chi connectivity index (χ3v) is 3.46. The predicted molar refractivity (Wildman–Crippen MR) is 94.5 cm³/mol. The zero-order chi connectivity index (χ0) is 15.3. The molecular weight excluding hydrogens is 355 g/mol. The number of nitrogens with one attached hydrogen (secondary N) is 3. The van der Waals surface area contributed by atoms with E-state index in [0.29, 0.717) is 38.7 Å². The van der Waals surface area contributed by atoms with E-state index in [4.69, 9.17) is 4.74 Å². The second-order valence-corrected chi connectivity index (χ2v) is 5.40. The molecule has 0 aliphatic carbocycles. The third-order valence-electron chi connectivity index (χ3n) is 3.46. The van der Waals surface area contributed by atoms with Crippen molar-refractivity contribution in [2.75, 3.05) is 32.8 Å². The molecule has 0 radical (unpaired) electrons. The average molecular weight is 377 g/mol. The third kappa shape index (κ3) is 5.66. The van der Waals surface area contributed by atoms with Crippen molar-refractivity contribution in [3.8, 4) is 11.4 Å². The van der Waals surface area contributed by atoms with Gasteiger partial charge in [0.15, 0.2) is 5.82 Å². The van der Waals surface area contributed by atoms with E-state index in [-0.39, 0.29) is 24.8 Å². The molecule has 0 aromatic carbocycles. The molecule has 3 heterocycles. The van der Waals surface area contributed by atoms with Crippen molar-refractivity contribution < 1.29 is 9.84 Å². The molecule has 0 amide bonds. The Balaban J connectivity index is 0.00000144. The van der Waals surface area contributed by atoms with E-state index >= 15 is 0 Å². The lowest BCUT2D eigenvalue weighted by atomic mass is 10.1. The molecule has 3 rings (SSSR count). The number of hydrogen-bond donors (Lipinski definition) is 4. The van der Waals surface area contributed by atoms with Crippen LogP contribution in [0, 0.1) is 0 Å². The van der Waals surface area contributed by atoms with Crippen LogP contribution in [-0.4, -0.2) is 63.7 Å². The first-order chi connectivity index (χ1) is 10.8. The Kier molecular flexibility index (Phi) is 8.54. The number of aliphatic hydroxyl groups is 1. The van der Waals surface area contributed by atoms with Crippen LogP contribution in [0.3, 0.4) is 0 Å². The highest BCUT2D eigenvalue weighted by Crippen LogP contribution is 2.12. The van der Waals surface area contributed by atoms with Crippen LogP contribution < -0.4 is 10.6 Å². The summed E-state index contributed by atoms with van der Waals surface area (Å²) in [6.07, 6.45) is 3.41. The second kappa shape index (κ2) is 9.87. The van der Waals surface area contributed by atoms with Gasteiger partial charge >= 0.3 is 0 Å². The van der Waals surface area contributed by atoms with E-state index in [1.165, 1.54) is 0 Å². The van der Waals surface area contributed by atoms with Crippen LogP contribution >= 0.6 is 24.8 Å². The molecule has 10 heteroatoms. The number of H-pyrrole nitrogens is 1. The smallest absolute Gasteiger partial charge is 0.181 e. The van der Waals surface area contributed by atoms with Crippen molar-refractivity contribution in [2.45, 2.75) is 12.1 Å². The van der Waals surface area contributed by atoms with Gasteiger partial charge in [0.25, 0.3) is 0 Å². The Bertz CT molecular complexity index is 590. The maximum Gasteiger partial charge on any atom is 0.181 e. The maximum absolute atomic E-state index is 10.4. The summed E-state index contributed by atoms with van der Waals surface area (Å²) in [5.74, 6) is 1.36. The summed E-state index contributed by atoms with van der Waals surface area (Å²) in [4.78, 5) is 8.39. The van der Waals surface area contributed by atoms with Gasteiger partial charge in [-0.15, -0.1) is 24.8 Å². The highest BCUT2D eigenvalue weighted by Gasteiger charge is 2.28. The van der Waals surface area contributed by atoms with E-state index in [9.17, 15) is 5.11 Å². The molecule has 2 aromatic rings. The molecule has 1 atom stereocenters. The van der Waals surface area contributed by atoms with Crippen molar-refractivity contribution in [3.05, 3.63) is 30.4 Å². The number of aromatic amines is 1. The fraction of sp³-hybridized carbons (Fsp3) is 0.500. The van der Waals surface area contributed by atoms with Gasteiger partial charge in [-0.05, 0) is 12.1 Å². The quantitative estimate of drug-likeness (QED) is 0.588. The average Bonchev–Trinajstić information content (AvgIpc) is 2.90. The van der Waals surface area contributed by atoms with Gasteiger partial charge in [-0.2, -0.15) is 5.10 Å². The molecule has 134 valence electrons. The summed E-state index contributed by atoms with van der Waals surface area (Å²) in [5.41, 5.74) is 0.0160. The number of β-amino-alcohol motifs (C(OH)–C–C–N with tert-alkyl or cyclic N) is 1. The number of halogens is 2. The van der Waals surface area contributed by atoms with Gasteiger partial charge in [0, 0.05) is 37.6 Å². The molecule has 2 aromatic heterocycles. The van der Waals surface area contributed by atoms with E-state index in [0.717, 1.165) is 17.9 Å². The SMILES string of the molecule is Cl.Cl.OC1(CNCc2nc(-c3ccncc3)n[nH]2)CNCCOC1. The summed E-state index contributed by atoms with van der Waals surface area (Å²) in [6.45, 7) is 3.15. The zero-order valence-electron chi connectivity index (χ0n) is 13.1. The number of ether oxygens (including phenoxy) is 1. The van der Waals surface area contributed by atoms with Crippen LogP contribution in [0.5, 0.6) is 0 Å². The normalized spacial score (nSPS) is 20.5. The topological polar surface area (TPSA) is 108 Å². The molecule has 1 aliphatic rings. The first kappa shape index (κ1) is 20.8. The van der Waals surface area contributed by atoms with Crippen molar-refractivity contribution in [3.63, 3.8) is 0 Å². The molecule has 1 fully saturated rings. The number of aromatic nitrogens is 4. The molecule has 4 N–H and O–H groups in total. The summed E-state index contributed by atoms with van der Waals surface area (Å²) in [7, 11) is 0. The highest BCUT2D eigenvalue weighted by atomic mass is 35.5.